The van der Waals surface area contributed by atoms with Crippen molar-refractivity contribution in [2.75, 3.05) is 5.32 Å². The third kappa shape index (κ3) is 3.96. The highest BCUT2D eigenvalue weighted by atomic mass is 35.5. The highest BCUT2D eigenvalue weighted by molar-refractivity contribution is 7.14. The van der Waals surface area contributed by atoms with Crippen molar-refractivity contribution in [2.45, 2.75) is 6.42 Å². The second-order valence-corrected chi connectivity index (χ2v) is 6.31. The molecule has 24 heavy (non-hydrogen) atoms. The molecule has 0 unspecified atom stereocenters. The van der Waals surface area contributed by atoms with Gasteiger partial charge in [-0.05, 0) is 29.8 Å². The summed E-state index contributed by atoms with van der Waals surface area (Å²) in [5, 5.41) is 5.23. The van der Waals surface area contributed by atoms with Crippen LogP contribution in [0.15, 0.2) is 47.8 Å². The van der Waals surface area contributed by atoms with E-state index in [-0.39, 0.29) is 17.9 Å². The van der Waals surface area contributed by atoms with Crippen molar-refractivity contribution >= 4 is 34.0 Å². The predicted octanol–water partition coefficient (Wildman–Crippen LogP) is 4.92. The number of carbonyl (C=O) groups excluding carboxylic acids is 1. The van der Waals surface area contributed by atoms with Gasteiger partial charge in [0.25, 0.3) is 0 Å². The lowest BCUT2D eigenvalue weighted by Crippen LogP contribution is -2.14. The molecule has 2 aromatic carbocycles. The summed E-state index contributed by atoms with van der Waals surface area (Å²) in [4.78, 5) is 16.2. The van der Waals surface area contributed by atoms with Crippen molar-refractivity contribution in [3.63, 3.8) is 0 Å². The van der Waals surface area contributed by atoms with Crippen molar-refractivity contribution in [2.24, 2.45) is 0 Å². The van der Waals surface area contributed by atoms with Crippen molar-refractivity contribution in [1.82, 2.24) is 4.98 Å². The SMILES string of the molecule is O=C(Cc1ccc(Cl)cc1)Nc1nc(-c2ccc(F)cc2F)cs1. The zero-order valence-corrected chi connectivity index (χ0v) is 13.8. The molecule has 0 spiro atoms. The Labute approximate surface area is 145 Å². The van der Waals surface area contributed by atoms with E-state index in [1.165, 1.54) is 17.4 Å². The van der Waals surface area contributed by atoms with Crippen molar-refractivity contribution < 1.29 is 13.6 Å². The first-order valence-corrected chi connectivity index (χ1v) is 8.22. The molecule has 1 N–H and O–H groups in total. The third-order valence-electron chi connectivity index (χ3n) is 3.24. The fourth-order valence-electron chi connectivity index (χ4n) is 2.10. The molecule has 0 aliphatic carbocycles. The Morgan fingerprint density at radius 2 is 1.92 bits per heavy atom. The molecular formula is C17H11ClF2N2OS. The fourth-order valence-corrected chi connectivity index (χ4v) is 2.96. The lowest BCUT2D eigenvalue weighted by molar-refractivity contribution is -0.115. The number of thiazole rings is 1. The number of hydrogen-bond acceptors (Lipinski definition) is 3. The molecule has 122 valence electrons. The van der Waals surface area contributed by atoms with E-state index in [1.54, 1.807) is 29.6 Å². The number of halogens is 3. The number of rotatable bonds is 4. The number of nitrogens with one attached hydrogen (secondary N) is 1. The van der Waals surface area contributed by atoms with Gasteiger partial charge < -0.3 is 5.32 Å². The van der Waals surface area contributed by atoms with Crippen LogP contribution in [-0.4, -0.2) is 10.9 Å². The van der Waals surface area contributed by atoms with Crippen molar-refractivity contribution in [1.29, 1.82) is 0 Å². The summed E-state index contributed by atoms with van der Waals surface area (Å²) < 4.78 is 26.7. The molecular weight excluding hydrogens is 354 g/mol. The quantitative estimate of drug-likeness (QED) is 0.713. The molecule has 3 aromatic rings. The summed E-state index contributed by atoms with van der Waals surface area (Å²) in [5.74, 6) is -1.58. The van der Waals surface area contributed by atoms with Crippen LogP contribution in [0.1, 0.15) is 5.56 Å². The van der Waals surface area contributed by atoms with Crippen LogP contribution in [0.4, 0.5) is 13.9 Å². The van der Waals surface area contributed by atoms with E-state index >= 15 is 0 Å². The molecule has 0 saturated heterocycles. The van der Waals surface area contributed by atoms with Crippen LogP contribution in [0, 0.1) is 11.6 Å². The van der Waals surface area contributed by atoms with E-state index in [2.05, 4.69) is 10.3 Å². The Balaban J connectivity index is 1.69. The van der Waals surface area contributed by atoms with Crippen LogP contribution in [0.2, 0.25) is 5.02 Å². The number of nitrogens with zero attached hydrogens (tertiary/aromatic N) is 1. The first-order valence-electron chi connectivity index (χ1n) is 6.96. The molecule has 0 saturated carbocycles. The lowest BCUT2D eigenvalue weighted by Gasteiger charge is -2.02. The normalized spacial score (nSPS) is 10.6. The molecule has 1 heterocycles. The molecule has 0 aliphatic rings. The van der Waals surface area contributed by atoms with E-state index in [1.807, 2.05) is 0 Å². The van der Waals surface area contributed by atoms with Crippen molar-refractivity contribution in [3.8, 4) is 11.3 Å². The monoisotopic (exact) mass is 364 g/mol. The molecule has 0 aliphatic heterocycles. The standard InChI is InChI=1S/C17H11ClF2N2OS/c18-11-3-1-10(2-4-11)7-16(23)22-17-21-15(9-24-17)13-6-5-12(19)8-14(13)20/h1-6,8-9H,7H2,(H,21,22,23). The van der Waals surface area contributed by atoms with Gasteiger partial charge in [-0.3, -0.25) is 4.79 Å². The van der Waals surface area contributed by atoms with Gasteiger partial charge in [-0.1, -0.05) is 23.7 Å². The second-order valence-electron chi connectivity index (χ2n) is 5.01. The zero-order chi connectivity index (χ0) is 17.1. The minimum atomic E-state index is -0.695. The van der Waals surface area contributed by atoms with Crippen molar-refractivity contribution in [3.05, 3.63) is 70.1 Å². The van der Waals surface area contributed by atoms with Crippen LogP contribution >= 0.6 is 22.9 Å². The number of anilines is 1. The van der Waals surface area contributed by atoms with E-state index < -0.39 is 11.6 Å². The number of hydrogen-bond donors (Lipinski definition) is 1. The summed E-state index contributed by atoms with van der Waals surface area (Å²) in [7, 11) is 0. The summed E-state index contributed by atoms with van der Waals surface area (Å²) in [6.45, 7) is 0. The van der Waals surface area contributed by atoms with Gasteiger partial charge in [0.2, 0.25) is 5.91 Å². The van der Waals surface area contributed by atoms with Gasteiger partial charge in [-0.25, -0.2) is 13.8 Å². The highest BCUT2D eigenvalue weighted by Crippen LogP contribution is 2.27. The summed E-state index contributed by atoms with van der Waals surface area (Å²) >= 11 is 6.97. The molecule has 1 aromatic heterocycles. The molecule has 1 amide bonds. The Kier molecular flexibility index (Phi) is 4.87. The number of benzene rings is 2. The van der Waals surface area contributed by atoms with Gasteiger partial charge in [0.05, 0.1) is 12.1 Å². The minimum absolute atomic E-state index is 0.178. The molecule has 0 bridgehead atoms. The molecule has 0 radical (unpaired) electrons. The van der Waals surface area contributed by atoms with Crippen LogP contribution in [0.3, 0.4) is 0 Å². The predicted molar refractivity (Wildman–Crippen MR) is 91.3 cm³/mol. The Morgan fingerprint density at radius 1 is 1.17 bits per heavy atom. The minimum Gasteiger partial charge on any atom is -0.302 e. The topological polar surface area (TPSA) is 42.0 Å². The van der Waals surface area contributed by atoms with Crippen LogP contribution in [0.5, 0.6) is 0 Å². The zero-order valence-electron chi connectivity index (χ0n) is 12.2. The second kappa shape index (κ2) is 7.07. The van der Waals surface area contributed by atoms with Crippen LogP contribution < -0.4 is 5.32 Å². The first-order chi connectivity index (χ1) is 11.5. The molecule has 3 rings (SSSR count). The Bertz CT molecular complexity index is 881. The average molecular weight is 365 g/mol. The van der Waals surface area contributed by atoms with Gasteiger partial charge in [0, 0.05) is 22.0 Å². The van der Waals surface area contributed by atoms with Gasteiger partial charge in [0.15, 0.2) is 5.13 Å². The largest absolute Gasteiger partial charge is 0.302 e. The number of carbonyl (C=O) groups is 1. The van der Waals surface area contributed by atoms with E-state index in [0.29, 0.717) is 15.8 Å². The number of aromatic nitrogens is 1. The fraction of sp³-hybridized carbons (Fsp3) is 0.0588. The lowest BCUT2D eigenvalue weighted by atomic mass is 10.1. The highest BCUT2D eigenvalue weighted by Gasteiger charge is 2.12. The molecule has 3 nitrogen and oxygen atoms in total. The maximum Gasteiger partial charge on any atom is 0.230 e. The molecule has 0 fully saturated rings. The van der Waals surface area contributed by atoms with Gasteiger partial charge in [0.1, 0.15) is 11.6 Å². The van der Waals surface area contributed by atoms with Crippen LogP contribution in [0.25, 0.3) is 11.3 Å². The Hall–Kier alpha value is -2.31. The summed E-state index contributed by atoms with van der Waals surface area (Å²) in [6, 6.07) is 10.2. The average Bonchev–Trinajstić information content (AvgIpc) is 2.97. The van der Waals surface area contributed by atoms with E-state index in [0.717, 1.165) is 17.7 Å². The van der Waals surface area contributed by atoms with E-state index in [9.17, 15) is 13.6 Å². The van der Waals surface area contributed by atoms with E-state index in [4.69, 9.17) is 11.6 Å². The van der Waals surface area contributed by atoms with Gasteiger partial charge >= 0.3 is 0 Å². The summed E-state index contributed by atoms with van der Waals surface area (Å²) in [6.07, 6.45) is 0.178. The number of amides is 1. The molecule has 0 atom stereocenters. The van der Waals surface area contributed by atoms with Crippen LogP contribution in [-0.2, 0) is 11.2 Å². The first kappa shape index (κ1) is 16.5. The summed E-state index contributed by atoms with van der Waals surface area (Å²) in [5.41, 5.74) is 1.35. The van der Waals surface area contributed by atoms with Gasteiger partial charge in [-0.2, -0.15) is 0 Å². The maximum atomic E-state index is 13.8. The Morgan fingerprint density at radius 3 is 2.62 bits per heavy atom. The third-order valence-corrected chi connectivity index (χ3v) is 4.25. The molecule has 7 heteroatoms. The van der Waals surface area contributed by atoms with Gasteiger partial charge in [-0.15, -0.1) is 11.3 Å². The smallest absolute Gasteiger partial charge is 0.230 e. The maximum absolute atomic E-state index is 13.8.